The number of anilines is 1. The molecule has 3 heteroatoms. The predicted molar refractivity (Wildman–Crippen MR) is 69.5 cm³/mol. The Morgan fingerprint density at radius 2 is 2.00 bits per heavy atom. The van der Waals surface area contributed by atoms with E-state index in [1.54, 1.807) is 11.3 Å². The Morgan fingerprint density at radius 3 is 2.81 bits per heavy atom. The van der Waals surface area contributed by atoms with Gasteiger partial charge >= 0.3 is 0 Å². The van der Waals surface area contributed by atoms with Crippen LogP contribution in [-0.2, 0) is 0 Å². The maximum absolute atomic E-state index is 4.32. The normalized spacial score (nSPS) is 15.0. The Kier molecular flexibility index (Phi) is 2.11. The molecule has 78 valence electrons. The largest absolute Gasteiger partial charge is 0.324 e. The van der Waals surface area contributed by atoms with Gasteiger partial charge in [-0.3, -0.25) is 0 Å². The van der Waals surface area contributed by atoms with Gasteiger partial charge < -0.3 is 4.90 Å². The average Bonchev–Trinajstić information content (AvgIpc) is 2.77. The molecule has 1 aliphatic rings. The second-order valence-electron chi connectivity index (χ2n) is 3.62. The first-order valence-electron chi connectivity index (χ1n) is 5.00. The van der Waals surface area contributed by atoms with Crippen LogP contribution in [0.5, 0.6) is 0 Å². The zero-order valence-corrected chi connectivity index (χ0v) is 9.45. The zero-order chi connectivity index (χ0) is 11.0. The van der Waals surface area contributed by atoms with Crippen molar-refractivity contribution in [1.29, 1.82) is 0 Å². The van der Waals surface area contributed by atoms with Crippen LogP contribution in [-0.4, -0.2) is 4.98 Å². The Hall–Kier alpha value is -1.87. The topological polar surface area (TPSA) is 16.1 Å². The minimum atomic E-state index is 1.02. The highest BCUT2D eigenvalue weighted by Crippen LogP contribution is 2.25. The van der Waals surface area contributed by atoms with Gasteiger partial charge in [0.1, 0.15) is 0 Å². The lowest BCUT2D eigenvalue weighted by Crippen LogP contribution is -2.08. The maximum atomic E-state index is 4.32. The molecule has 3 rings (SSSR count). The number of benzene rings is 1. The maximum Gasteiger partial charge on any atom is 0.0832 e. The molecular weight excluding hydrogens is 216 g/mol. The standard InChI is InChI=1S/C13H10N2S/c1-10-4-6-15(7-5-10)11-2-3-13-12(8-11)14-9-16-13/h2-9H,1H2. The van der Waals surface area contributed by atoms with Gasteiger partial charge in [0.15, 0.2) is 0 Å². The van der Waals surface area contributed by atoms with Crippen molar-refractivity contribution in [2.24, 2.45) is 0 Å². The summed E-state index contributed by atoms with van der Waals surface area (Å²) in [6, 6.07) is 6.30. The molecule has 1 aromatic heterocycles. The average molecular weight is 226 g/mol. The fourth-order valence-electron chi connectivity index (χ4n) is 1.64. The molecule has 2 heterocycles. The molecule has 0 unspecified atom stereocenters. The van der Waals surface area contributed by atoms with E-state index in [2.05, 4.69) is 34.7 Å². The molecule has 0 fully saturated rings. The van der Waals surface area contributed by atoms with Crippen molar-refractivity contribution in [2.45, 2.75) is 0 Å². The van der Waals surface area contributed by atoms with Crippen molar-refractivity contribution < 1.29 is 0 Å². The molecule has 1 aromatic carbocycles. The van der Waals surface area contributed by atoms with Gasteiger partial charge in [0.25, 0.3) is 0 Å². The van der Waals surface area contributed by atoms with Crippen LogP contribution in [0.15, 0.2) is 60.4 Å². The fraction of sp³-hybridized carbons (Fsp3) is 0. The van der Waals surface area contributed by atoms with Crippen LogP contribution in [0.25, 0.3) is 10.2 Å². The number of allylic oxidation sites excluding steroid dienone is 3. The highest BCUT2D eigenvalue weighted by atomic mass is 32.1. The van der Waals surface area contributed by atoms with Gasteiger partial charge in [-0.25, -0.2) is 4.98 Å². The highest BCUT2D eigenvalue weighted by molar-refractivity contribution is 7.16. The van der Waals surface area contributed by atoms with E-state index in [9.17, 15) is 0 Å². The summed E-state index contributed by atoms with van der Waals surface area (Å²) in [6.07, 6.45) is 8.00. The molecule has 0 N–H and O–H groups in total. The molecule has 0 radical (unpaired) electrons. The summed E-state index contributed by atoms with van der Waals surface area (Å²) < 4.78 is 1.22. The molecule has 1 aliphatic heterocycles. The Bertz CT molecular complexity index is 591. The smallest absolute Gasteiger partial charge is 0.0832 e. The lowest BCUT2D eigenvalue weighted by atomic mass is 10.2. The van der Waals surface area contributed by atoms with E-state index >= 15 is 0 Å². The van der Waals surface area contributed by atoms with Crippen molar-refractivity contribution in [1.82, 2.24) is 4.98 Å². The number of nitrogens with zero attached hydrogens (tertiary/aromatic N) is 2. The van der Waals surface area contributed by atoms with Crippen LogP contribution in [0.4, 0.5) is 5.69 Å². The lowest BCUT2D eigenvalue weighted by molar-refractivity contribution is 1.26. The molecule has 0 bridgehead atoms. The molecule has 0 saturated heterocycles. The summed E-state index contributed by atoms with van der Waals surface area (Å²) in [5.41, 5.74) is 5.07. The third-order valence-corrected chi connectivity index (χ3v) is 3.32. The van der Waals surface area contributed by atoms with Crippen LogP contribution < -0.4 is 4.90 Å². The highest BCUT2D eigenvalue weighted by Gasteiger charge is 2.05. The minimum absolute atomic E-state index is 1.02. The predicted octanol–water partition coefficient (Wildman–Crippen LogP) is 3.70. The number of hydrogen-bond acceptors (Lipinski definition) is 3. The van der Waals surface area contributed by atoms with Crippen molar-refractivity contribution in [3.05, 3.63) is 60.4 Å². The van der Waals surface area contributed by atoms with Gasteiger partial charge in [-0.15, -0.1) is 11.3 Å². The Labute approximate surface area is 97.8 Å². The van der Waals surface area contributed by atoms with Crippen LogP contribution in [0.3, 0.4) is 0 Å². The van der Waals surface area contributed by atoms with Gasteiger partial charge in [-0.05, 0) is 35.9 Å². The van der Waals surface area contributed by atoms with Gasteiger partial charge in [-0.2, -0.15) is 0 Å². The number of aromatic nitrogens is 1. The number of hydrogen-bond donors (Lipinski definition) is 0. The number of thiazole rings is 1. The first-order valence-corrected chi connectivity index (χ1v) is 5.88. The van der Waals surface area contributed by atoms with Gasteiger partial charge in [0.2, 0.25) is 0 Å². The molecule has 0 atom stereocenters. The zero-order valence-electron chi connectivity index (χ0n) is 8.63. The second-order valence-corrected chi connectivity index (χ2v) is 4.50. The van der Waals surface area contributed by atoms with E-state index in [0.29, 0.717) is 0 Å². The van der Waals surface area contributed by atoms with E-state index in [1.165, 1.54) is 4.70 Å². The van der Waals surface area contributed by atoms with E-state index < -0.39 is 0 Å². The van der Waals surface area contributed by atoms with Crippen molar-refractivity contribution in [3.8, 4) is 0 Å². The molecule has 2 nitrogen and oxygen atoms in total. The van der Waals surface area contributed by atoms with Gasteiger partial charge in [-0.1, -0.05) is 6.58 Å². The number of fused-ring (bicyclic) bond motifs is 1. The van der Waals surface area contributed by atoms with E-state index in [-0.39, 0.29) is 0 Å². The Morgan fingerprint density at radius 1 is 1.19 bits per heavy atom. The summed E-state index contributed by atoms with van der Waals surface area (Å²) in [5.74, 6) is 0. The molecule has 2 aromatic rings. The summed E-state index contributed by atoms with van der Waals surface area (Å²) >= 11 is 1.66. The van der Waals surface area contributed by atoms with Gasteiger partial charge in [0.05, 0.1) is 15.7 Å². The monoisotopic (exact) mass is 226 g/mol. The summed E-state index contributed by atoms with van der Waals surface area (Å²) in [5, 5.41) is 0. The van der Waals surface area contributed by atoms with Crippen LogP contribution in [0, 0.1) is 0 Å². The van der Waals surface area contributed by atoms with E-state index in [4.69, 9.17) is 0 Å². The molecule has 0 aliphatic carbocycles. The Balaban J connectivity index is 2.03. The third-order valence-electron chi connectivity index (χ3n) is 2.51. The summed E-state index contributed by atoms with van der Waals surface area (Å²) in [7, 11) is 0. The summed E-state index contributed by atoms with van der Waals surface area (Å²) in [4.78, 5) is 6.38. The lowest BCUT2D eigenvalue weighted by Gasteiger charge is -2.18. The van der Waals surface area contributed by atoms with Crippen LogP contribution in [0.2, 0.25) is 0 Å². The SMILES string of the molecule is C=C1C=CN(c2ccc3scnc3c2)C=C1. The first-order chi connectivity index (χ1) is 7.83. The number of rotatable bonds is 1. The fourth-order valence-corrected chi connectivity index (χ4v) is 2.30. The van der Waals surface area contributed by atoms with Gasteiger partial charge in [0, 0.05) is 18.1 Å². The molecule has 16 heavy (non-hydrogen) atoms. The van der Waals surface area contributed by atoms with Crippen molar-refractivity contribution >= 4 is 27.2 Å². The van der Waals surface area contributed by atoms with Crippen molar-refractivity contribution in [3.63, 3.8) is 0 Å². The first kappa shape index (κ1) is 9.36. The van der Waals surface area contributed by atoms with E-state index in [1.807, 2.05) is 30.1 Å². The molecule has 0 saturated carbocycles. The van der Waals surface area contributed by atoms with Crippen LogP contribution >= 0.6 is 11.3 Å². The quantitative estimate of drug-likeness (QED) is 0.737. The minimum Gasteiger partial charge on any atom is -0.324 e. The molecular formula is C13H10N2S. The third kappa shape index (κ3) is 1.55. The second kappa shape index (κ2) is 3.61. The molecule has 0 amide bonds. The van der Waals surface area contributed by atoms with Crippen molar-refractivity contribution in [2.75, 3.05) is 4.90 Å². The summed E-state index contributed by atoms with van der Waals surface area (Å²) in [6.45, 7) is 3.87. The van der Waals surface area contributed by atoms with Crippen LogP contribution in [0.1, 0.15) is 0 Å². The van der Waals surface area contributed by atoms with E-state index in [0.717, 1.165) is 16.8 Å². The molecule has 0 spiro atoms.